The predicted octanol–water partition coefficient (Wildman–Crippen LogP) is 3.24. The Morgan fingerprint density at radius 3 is 2.31 bits per heavy atom. The van der Waals surface area contributed by atoms with Crippen molar-refractivity contribution in [3.8, 4) is 0 Å². The average Bonchev–Trinajstić information content (AvgIpc) is 2.15. The Hall–Kier alpha value is -0.660. The number of rotatable bonds is 2. The van der Waals surface area contributed by atoms with Crippen molar-refractivity contribution in [2.45, 2.75) is 53.9 Å². The molecule has 0 aromatic carbocycles. The first-order valence-corrected chi connectivity index (χ1v) is 6.30. The van der Waals surface area contributed by atoms with Crippen molar-refractivity contribution in [1.82, 2.24) is 0 Å². The van der Waals surface area contributed by atoms with E-state index in [-0.39, 0.29) is 22.9 Å². The molecule has 0 saturated heterocycles. The van der Waals surface area contributed by atoms with E-state index in [4.69, 9.17) is 0 Å². The zero-order chi connectivity index (χ0) is 12.5. The summed E-state index contributed by atoms with van der Waals surface area (Å²) in [5, 5.41) is 0. The molecule has 1 saturated carbocycles. The van der Waals surface area contributed by atoms with E-state index in [2.05, 4.69) is 13.8 Å². The normalized spacial score (nSPS) is 27.2. The highest BCUT2D eigenvalue weighted by Gasteiger charge is 2.39. The molecule has 0 aromatic rings. The van der Waals surface area contributed by atoms with Gasteiger partial charge in [-0.3, -0.25) is 9.59 Å². The van der Waals surface area contributed by atoms with Gasteiger partial charge in [0.05, 0.1) is 5.92 Å². The SMILES string of the molecule is CC(C)C1CCC(=O)C(C(=O)C(C)(C)C)C1. The topological polar surface area (TPSA) is 34.1 Å². The third-order valence-corrected chi connectivity index (χ3v) is 3.69. The van der Waals surface area contributed by atoms with Crippen LogP contribution < -0.4 is 0 Å². The van der Waals surface area contributed by atoms with E-state index in [0.29, 0.717) is 18.3 Å². The molecule has 0 radical (unpaired) electrons. The quantitative estimate of drug-likeness (QED) is 0.675. The molecule has 2 heteroatoms. The number of carbonyl (C=O) groups excluding carboxylic acids is 2. The average molecular weight is 224 g/mol. The lowest BCUT2D eigenvalue weighted by Gasteiger charge is -2.32. The van der Waals surface area contributed by atoms with Crippen molar-refractivity contribution in [1.29, 1.82) is 0 Å². The predicted molar refractivity (Wildman–Crippen MR) is 65.1 cm³/mol. The van der Waals surface area contributed by atoms with Gasteiger partial charge < -0.3 is 0 Å². The van der Waals surface area contributed by atoms with E-state index in [9.17, 15) is 9.59 Å². The van der Waals surface area contributed by atoms with E-state index in [1.165, 1.54) is 0 Å². The zero-order valence-electron chi connectivity index (χ0n) is 11.2. The maximum absolute atomic E-state index is 12.2. The summed E-state index contributed by atoms with van der Waals surface area (Å²) in [4.78, 5) is 24.0. The molecule has 0 bridgehead atoms. The first kappa shape index (κ1) is 13.4. The second-order valence-corrected chi connectivity index (χ2v) is 6.41. The summed E-state index contributed by atoms with van der Waals surface area (Å²) in [6.45, 7) is 10.1. The molecule has 1 fully saturated rings. The number of hydrogen-bond donors (Lipinski definition) is 0. The summed E-state index contributed by atoms with van der Waals surface area (Å²) >= 11 is 0. The van der Waals surface area contributed by atoms with Crippen molar-refractivity contribution in [2.24, 2.45) is 23.2 Å². The molecule has 0 N–H and O–H groups in total. The molecule has 0 heterocycles. The largest absolute Gasteiger partial charge is 0.299 e. The van der Waals surface area contributed by atoms with Gasteiger partial charge >= 0.3 is 0 Å². The van der Waals surface area contributed by atoms with Gasteiger partial charge in [-0.15, -0.1) is 0 Å². The summed E-state index contributed by atoms with van der Waals surface area (Å²) in [5.41, 5.74) is -0.390. The van der Waals surface area contributed by atoms with Crippen LogP contribution in [0.4, 0.5) is 0 Å². The summed E-state index contributed by atoms with van der Waals surface area (Å²) in [6.07, 6.45) is 2.33. The molecular formula is C14H24O2. The molecule has 1 aliphatic rings. The van der Waals surface area contributed by atoms with Crippen LogP contribution in [-0.4, -0.2) is 11.6 Å². The molecule has 0 aliphatic heterocycles. The van der Waals surface area contributed by atoms with Gasteiger partial charge in [0, 0.05) is 11.8 Å². The maximum atomic E-state index is 12.2. The lowest BCUT2D eigenvalue weighted by atomic mass is 9.70. The van der Waals surface area contributed by atoms with Crippen LogP contribution in [0.25, 0.3) is 0 Å². The second-order valence-electron chi connectivity index (χ2n) is 6.41. The van der Waals surface area contributed by atoms with E-state index in [1.807, 2.05) is 20.8 Å². The van der Waals surface area contributed by atoms with Gasteiger partial charge in [-0.25, -0.2) is 0 Å². The standard InChI is InChI=1S/C14H24O2/c1-9(2)10-6-7-12(15)11(8-10)13(16)14(3,4)5/h9-11H,6-8H2,1-5H3. The van der Waals surface area contributed by atoms with E-state index in [0.717, 1.165) is 12.8 Å². The first-order valence-electron chi connectivity index (χ1n) is 6.30. The summed E-state index contributed by atoms with van der Waals surface area (Å²) in [5.74, 6) is 1.07. The fourth-order valence-corrected chi connectivity index (χ4v) is 2.44. The van der Waals surface area contributed by atoms with Crippen LogP contribution >= 0.6 is 0 Å². The van der Waals surface area contributed by atoms with Crippen molar-refractivity contribution in [3.63, 3.8) is 0 Å². The first-order chi connectivity index (χ1) is 7.23. The van der Waals surface area contributed by atoms with Gasteiger partial charge in [-0.2, -0.15) is 0 Å². The van der Waals surface area contributed by atoms with Crippen LogP contribution in [0.15, 0.2) is 0 Å². The number of ketones is 2. The highest BCUT2D eigenvalue weighted by molar-refractivity contribution is 6.04. The fourth-order valence-electron chi connectivity index (χ4n) is 2.44. The molecule has 2 atom stereocenters. The Labute approximate surface area is 98.8 Å². The van der Waals surface area contributed by atoms with Gasteiger partial charge in [0.25, 0.3) is 0 Å². The minimum Gasteiger partial charge on any atom is -0.299 e. The molecule has 2 unspecified atom stereocenters. The molecule has 0 amide bonds. The Morgan fingerprint density at radius 2 is 1.88 bits per heavy atom. The van der Waals surface area contributed by atoms with Crippen LogP contribution in [0.2, 0.25) is 0 Å². The van der Waals surface area contributed by atoms with Crippen LogP contribution in [-0.2, 0) is 9.59 Å². The Kier molecular flexibility index (Phi) is 3.92. The van der Waals surface area contributed by atoms with Crippen molar-refractivity contribution >= 4 is 11.6 Å². The van der Waals surface area contributed by atoms with Crippen molar-refractivity contribution < 1.29 is 9.59 Å². The molecule has 1 rings (SSSR count). The van der Waals surface area contributed by atoms with Gasteiger partial charge in [-0.05, 0) is 24.7 Å². The zero-order valence-corrected chi connectivity index (χ0v) is 11.2. The molecule has 2 nitrogen and oxygen atoms in total. The third kappa shape index (κ3) is 2.93. The Balaban J connectivity index is 2.78. The Bertz CT molecular complexity index is 284. The van der Waals surface area contributed by atoms with Crippen molar-refractivity contribution in [3.05, 3.63) is 0 Å². The van der Waals surface area contributed by atoms with E-state index < -0.39 is 0 Å². The number of hydrogen-bond acceptors (Lipinski definition) is 2. The summed E-state index contributed by atoms with van der Waals surface area (Å²) in [7, 11) is 0. The maximum Gasteiger partial charge on any atom is 0.148 e. The lowest BCUT2D eigenvalue weighted by molar-refractivity contribution is -0.140. The van der Waals surface area contributed by atoms with Gasteiger partial charge in [0.1, 0.15) is 11.6 Å². The minimum absolute atomic E-state index is 0.128. The van der Waals surface area contributed by atoms with Crippen LogP contribution in [0.3, 0.4) is 0 Å². The molecule has 16 heavy (non-hydrogen) atoms. The minimum atomic E-state index is -0.390. The highest BCUT2D eigenvalue weighted by atomic mass is 16.2. The van der Waals surface area contributed by atoms with Gasteiger partial charge in [0.2, 0.25) is 0 Å². The third-order valence-electron chi connectivity index (χ3n) is 3.69. The van der Waals surface area contributed by atoms with Crippen molar-refractivity contribution in [2.75, 3.05) is 0 Å². The van der Waals surface area contributed by atoms with E-state index in [1.54, 1.807) is 0 Å². The monoisotopic (exact) mass is 224 g/mol. The van der Waals surface area contributed by atoms with Crippen LogP contribution in [0.1, 0.15) is 53.9 Å². The summed E-state index contributed by atoms with van der Waals surface area (Å²) < 4.78 is 0. The number of carbonyl (C=O) groups is 2. The lowest BCUT2D eigenvalue weighted by Crippen LogP contribution is -2.38. The molecule has 0 spiro atoms. The molecule has 1 aliphatic carbocycles. The number of Topliss-reactive ketones (excluding diaryl/α,β-unsaturated/α-hetero) is 2. The molecule has 92 valence electrons. The van der Waals surface area contributed by atoms with Crippen LogP contribution in [0.5, 0.6) is 0 Å². The van der Waals surface area contributed by atoms with Gasteiger partial charge in [-0.1, -0.05) is 34.6 Å². The molecular weight excluding hydrogens is 200 g/mol. The van der Waals surface area contributed by atoms with E-state index >= 15 is 0 Å². The molecule has 0 aromatic heterocycles. The summed E-state index contributed by atoms with van der Waals surface area (Å²) in [6, 6.07) is 0. The smallest absolute Gasteiger partial charge is 0.148 e. The van der Waals surface area contributed by atoms with Crippen LogP contribution in [0, 0.1) is 23.2 Å². The Morgan fingerprint density at radius 1 is 1.31 bits per heavy atom. The highest BCUT2D eigenvalue weighted by Crippen LogP contribution is 2.35. The second kappa shape index (κ2) is 4.68. The fraction of sp³-hybridized carbons (Fsp3) is 0.857. The van der Waals surface area contributed by atoms with Gasteiger partial charge in [0.15, 0.2) is 0 Å².